The third-order valence-electron chi connectivity index (χ3n) is 16.5. The van der Waals surface area contributed by atoms with E-state index < -0.39 is 5.41 Å². The van der Waals surface area contributed by atoms with Gasteiger partial charge in [0.05, 0.1) is 5.41 Å². The lowest BCUT2D eigenvalue weighted by atomic mass is 9.67. The Labute approximate surface area is 467 Å². The first-order chi connectivity index (χ1) is 39.6. The molecular formula is C79H52O. The molecule has 0 atom stereocenters. The lowest BCUT2D eigenvalue weighted by Gasteiger charge is -2.34. The number of furan rings is 1. The molecule has 0 spiro atoms. The van der Waals surface area contributed by atoms with Crippen LogP contribution in [0.25, 0.3) is 122 Å². The normalized spacial score (nSPS) is 12.3. The maximum Gasteiger partial charge on any atom is 0.136 e. The Balaban J connectivity index is 0.905. The van der Waals surface area contributed by atoms with Crippen LogP contribution < -0.4 is 0 Å². The summed E-state index contributed by atoms with van der Waals surface area (Å²) in [7, 11) is 0. The van der Waals surface area contributed by atoms with Crippen molar-refractivity contribution in [1.82, 2.24) is 0 Å². The highest BCUT2D eigenvalue weighted by molar-refractivity contribution is 6.15. The monoisotopic (exact) mass is 1020 g/mol. The summed E-state index contributed by atoms with van der Waals surface area (Å²) in [6.45, 7) is 0. The summed E-state index contributed by atoms with van der Waals surface area (Å²) in [6, 6.07) is 116. The van der Waals surface area contributed by atoms with Crippen LogP contribution in [0.1, 0.15) is 22.3 Å². The quantitative estimate of drug-likeness (QED) is 0.133. The standard InChI is InChI=1S/C79H52O/c1-5-21-53(22-6-1)63-45-64(54-23-7-2-8-24-54)48-67(47-63)59-31-17-29-57(43-59)61-33-19-35-69(51-61)79(73-39-15-13-37-71(73)77-74(79)41-42-76-78(77)72-38-14-16-40-75(72)80-76)70-36-20-34-62(52-70)58-30-18-32-60(44-58)68-49-65(55-25-9-3-10-26-55)46-66(50-68)56-27-11-4-12-28-56/h1-52H. The van der Waals surface area contributed by atoms with Crippen molar-refractivity contribution in [1.29, 1.82) is 0 Å². The van der Waals surface area contributed by atoms with Crippen molar-refractivity contribution in [2.24, 2.45) is 0 Å². The smallest absolute Gasteiger partial charge is 0.136 e. The summed E-state index contributed by atoms with van der Waals surface area (Å²) in [4.78, 5) is 0. The highest BCUT2D eigenvalue weighted by Crippen LogP contribution is 2.59. The molecule has 374 valence electrons. The van der Waals surface area contributed by atoms with Crippen LogP contribution in [0.2, 0.25) is 0 Å². The van der Waals surface area contributed by atoms with Crippen molar-refractivity contribution in [3.8, 4) is 100 Å². The Morgan fingerprint density at radius 3 is 1.01 bits per heavy atom. The summed E-state index contributed by atoms with van der Waals surface area (Å²) in [6.07, 6.45) is 0. The van der Waals surface area contributed by atoms with Crippen molar-refractivity contribution in [2.45, 2.75) is 5.41 Å². The van der Waals surface area contributed by atoms with Crippen LogP contribution in [0.4, 0.5) is 0 Å². The minimum atomic E-state index is -0.705. The molecule has 1 aliphatic rings. The van der Waals surface area contributed by atoms with Crippen molar-refractivity contribution in [3.05, 3.63) is 338 Å². The average molecular weight is 1020 g/mol. The fourth-order valence-electron chi connectivity index (χ4n) is 12.8. The fraction of sp³-hybridized carbons (Fsp3) is 0.0127. The molecule has 1 aliphatic carbocycles. The summed E-state index contributed by atoms with van der Waals surface area (Å²) >= 11 is 0. The van der Waals surface area contributed by atoms with Gasteiger partial charge in [0.2, 0.25) is 0 Å². The molecule has 0 saturated carbocycles. The maximum atomic E-state index is 6.65. The molecule has 0 unspecified atom stereocenters. The predicted octanol–water partition coefficient (Wildman–Crippen LogP) is 21.3. The van der Waals surface area contributed by atoms with Gasteiger partial charge in [0.15, 0.2) is 0 Å². The second-order valence-corrected chi connectivity index (χ2v) is 21.1. The van der Waals surface area contributed by atoms with Gasteiger partial charge < -0.3 is 4.42 Å². The van der Waals surface area contributed by atoms with Crippen LogP contribution in [-0.4, -0.2) is 0 Å². The molecule has 0 amide bonds. The molecule has 0 N–H and O–H groups in total. The molecule has 1 heteroatoms. The summed E-state index contributed by atoms with van der Waals surface area (Å²) < 4.78 is 6.65. The number of benzene rings is 13. The summed E-state index contributed by atoms with van der Waals surface area (Å²) in [5.74, 6) is 0. The van der Waals surface area contributed by atoms with E-state index in [1.165, 1.54) is 100 Å². The third-order valence-corrected chi connectivity index (χ3v) is 16.5. The highest BCUT2D eigenvalue weighted by Gasteiger charge is 2.47. The van der Waals surface area contributed by atoms with Crippen molar-refractivity contribution < 1.29 is 4.42 Å². The second kappa shape index (κ2) is 19.6. The molecule has 13 aromatic carbocycles. The Bertz CT molecular complexity index is 4300. The Morgan fingerprint density at radius 2 is 0.550 bits per heavy atom. The molecule has 15 rings (SSSR count). The molecule has 0 saturated heterocycles. The van der Waals surface area contributed by atoms with E-state index in [0.717, 1.165) is 44.2 Å². The van der Waals surface area contributed by atoms with E-state index in [4.69, 9.17) is 4.42 Å². The van der Waals surface area contributed by atoms with Crippen LogP contribution >= 0.6 is 0 Å². The van der Waals surface area contributed by atoms with Gasteiger partial charge in [0.1, 0.15) is 11.2 Å². The molecule has 1 aromatic heterocycles. The van der Waals surface area contributed by atoms with Crippen LogP contribution in [0.3, 0.4) is 0 Å². The van der Waals surface area contributed by atoms with Gasteiger partial charge >= 0.3 is 0 Å². The van der Waals surface area contributed by atoms with E-state index in [1.807, 2.05) is 0 Å². The zero-order chi connectivity index (χ0) is 53.0. The molecule has 0 radical (unpaired) electrons. The predicted molar refractivity (Wildman–Crippen MR) is 335 cm³/mol. The SMILES string of the molecule is c1ccc(-c2cc(-c3ccccc3)cc(-c3cccc(-c4cccc(C5(c6cccc(-c7cccc(-c8cc(-c9ccccc9)cc(-c9ccccc9)c8)c7)c6)c6ccccc6-c6c5ccc5oc7ccccc7c65)c4)c3)c2)cc1. The molecular weight excluding hydrogens is 965 g/mol. The van der Waals surface area contributed by atoms with E-state index in [9.17, 15) is 0 Å². The first-order valence-electron chi connectivity index (χ1n) is 27.6. The Hall–Kier alpha value is -10.3. The first kappa shape index (κ1) is 46.9. The molecule has 1 heterocycles. The Kier molecular flexibility index (Phi) is 11.5. The van der Waals surface area contributed by atoms with E-state index in [0.29, 0.717) is 0 Å². The van der Waals surface area contributed by atoms with Crippen LogP contribution in [0.5, 0.6) is 0 Å². The largest absolute Gasteiger partial charge is 0.456 e. The minimum Gasteiger partial charge on any atom is -0.456 e. The zero-order valence-electron chi connectivity index (χ0n) is 43.9. The van der Waals surface area contributed by atoms with E-state index >= 15 is 0 Å². The number of rotatable bonds is 10. The maximum absolute atomic E-state index is 6.65. The topological polar surface area (TPSA) is 13.1 Å². The fourth-order valence-corrected chi connectivity index (χ4v) is 12.8. The summed E-state index contributed by atoms with van der Waals surface area (Å²) in [5, 5.41) is 2.28. The van der Waals surface area contributed by atoms with Crippen molar-refractivity contribution in [3.63, 3.8) is 0 Å². The number of hydrogen-bond donors (Lipinski definition) is 0. The van der Waals surface area contributed by atoms with E-state index in [2.05, 4.69) is 315 Å². The Morgan fingerprint density at radius 1 is 0.212 bits per heavy atom. The highest BCUT2D eigenvalue weighted by atomic mass is 16.3. The molecule has 0 bridgehead atoms. The lowest BCUT2D eigenvalue weighted by molar-refractivity contribution is 0.668. The van der Waals surface area contributed by atoms with Crippen LogP contribution in [0, 0.1) is 0 Å². The second-order valence-electron chi connectivity index (χ2n) is 21.1. The lowest BCUT2D eigenvalue weighted by Crippen LogP contribution is -2.28. The van der Waals surface area contributed by atoms with Crippen LogP contribution in [-0.2, 0) is 5.41 Å². The van der Waals surface area contributed by atoms with Gasteiger partial charge in [-0.05, 0) is 195 Å². The number of fused-ring (bicyclic) bond motifs is 7. The van der Waals surface area contributed by atoms with Gasteiger partial charge in [-0.15, -0.1) is 0 Å². The minimum absolute atomic E-state index is 0.705. The molecule has 80 heavy (non-hydrogen) atoms. The van der Waals surface area contributed by atoms with Gasteiger partial charge in [-0.3, -0.25) is 0 Å². The van der Waals surface area contributed by atoms with Gasteiger partial charge in [-0.1, -0.05) is 243 Å². The number of hydrogen-bond acceptors (Lipinski definition) is 1. The van der Waals surface area contributed by atoms with Gasteiger partial charge in [0.25, 0.3) is 0 Å². The van der Waals surface area contributed by atoms with E-state index in [-0.39, 0.29) is 0 Å². The third kappa shape index (κ3) is 8.10. The summed E-state index contributed by atoms with van der Waals surface area (Å²) in [5.41, 5.74) is 27.3. The molecule has 0 aliphatic heterocycles. The van der Waals surface area contributed by atoms with Crippen LogP contribution in [0.15, 0.2) is 320 Å². The van der Waals surface area contributed by atoms with E-state index in [1.54, 1.807) is 0 Å². The van der Waals surface area contributed by atoms with Crippen molar-refractivity contribution in [2.75, 3.05) is 0 Å². The first-order valence-corrected chi connectivity index (χ1v) is 27.6. The number of para-hydroxylation sites is 1. The average Bonchev–Trinajstić information content (AvgIpc) is 4.02. The molecule has 1 nitrogen and oxygen atoms in total. The van der Waals surface area contributed by atoms with Gasteiger partial charge in [0, 0.05) is 10.8 Å². The molecule has 14 aromatic rings. The molecule has 0 fully saturated rings. The van der Waals surface area contributed by atoms with Crippen molar-refractivity contribution >= 4 is 21.9 Å². The van der Waals surface area contributed by atoms with Gasteiger partial charge in [-0.25, -0.2) is 0 Å². The zero-order valence-corrected chi connectivity index (χ0v) is 43.9. The van der Waals surface area contributed by atoms with Gasteiger partial charge in [-0.2, -0.15) is 0 Å².